The lowest BCUT2D eigenvalue weighted by Crippen LogP contribution is -2.72. The van der Waals surface area contributed by atoms with Crippen LogP contribution in [0.3, 0.4) is 0 Å². The van der Waals surface area contributed by atoms with E-state index in [0.717, 1.165) is 37.1 Å². The first-order valence-corrected chi connectivity index (χ1v) is 13.9. The molecular weight excluding hydrogens is 466 g/mol. The van der Waals surface area contributed by atoms with Crippen molar-refractivity contribution in [2.75, 3.05) is 0 Å². The molecule has 5 aromatic rings. The summed E-state index contributed by atoms with van der Waals surface area (Å²) in [4.78, 5) is 0. The molecule has 3 unspecified atom stereocenters. The number of hydrogen-bond donors (Lipinski definition) is 0. The second kappa shape index (κ2) is 8.52. The summed E-state index contributed by atoms with van der Waals surface area (Å²) >= 11 is 0. The van der Waals surface area contributed by atoms with E-state index in [1.54, 1.807) is 0 Å². The van der Waals surface area contributed by atoms with Gasteiger partial charge in [0.25, 0.3) is 0 Å². The minimum atomic E-state index is -0.0747. The van der Waals surface area contributed by atoms with Crippen LogP contribution in [-0.4, -0.2) is 14.5 Å². The van der Waals surface area contributed by atoms with Gasteiger partial charge in [-0.3, -0.25) is 4.68 Å². The largest absolute Gasteiger partial charge is 0.251 e. The Hall–Kier alpha value is -3.99. The summed E-state index contributed by atoms with van der Waals surface area (Å²) in [5.74, 6) is 0. The van der Waals surface area contributed by atoms with Gasteiger partial charge < -0.3 is 0 Å². The normalized spacial score (nSPS) is 23.3. The van der Waals surface area contributed by atoms with Crippen LogP contribution in [-0.2, 0) is 17.5 Å². The van der Waals surface area contributed by atoms with E-state index in [4.69, 9.17) is 5.10 Å². The molecule has 3 aromatic heterocycles. The molecule has 0 saturated heterocycles. The van der Waals surface area contributed by atoms with Crippen LogP contribution in [0.25, 0.3) is 28.3 Å². The fourth-order valence-electron chi connectivity index (χ4n) is 7.43. The Morgan fingerprint density at radius 2 is 1.68 bits per heavy atom. The Morgan fingerprint density at radius 3 is 2.50 bits per heavy atom. The number of pyridine rings is 1. The first kappa shape index (κ1) is 23.2. The lowest BCUT2D eigenvalue weighted by atomic mass is 9.59. The molecule has 5 heteroatoms. The van der Waals surface area contributed by atoms with E-state index in [0.29, 0.717) is 0 Å². The zero-order chi connectivity index (χ0) is 25.9. The summed E-state index contributed by atoms with van der Waals surface area (Å²) < 4.78 is 9.61. The number of benzene rings is 2. The van der Waals surface area contributed by atoms with Gasteiger partial charge in [0, 0.05) is 43.5 Å². The maximum atomic E-state index is 5.13. The molecule has 5 heterocycles. The number of rotatable bonds is 5. The topological polar surface area (TPSA) is 30.5 Å². The van der Waals surface area contributed by atoms with E-state index in [1.165, 1.54) is 22.6 Å². The molecule has 7 rings (SSSR count). The predicted molar refractivity (Wildman–Crippen MR) is 149 cm³/mol. The van der Waals surface area contributed by atoms with E-state index in [-0.39, 0.29) is 17.0 Å². The molecule has 0 spiro atoms. The molecule has 38 heavy (non-hydrogen) atoms. The van der Waals surface area contributed by atoms with Crippen molar-refractivity contribution in [3.05, 3.63) is 109 Å². The molecule has 0 bridgehead atoms. The van der Waals surface area contributed by atoms with Crippen LogP contribution in [0, 0.1) is 0 Å². The van der Waals surface area contributed by atoms with Gasteiger partial charge in [-0.2, -0.15) is 9.67 Å². The third kappa shape index (κ3) is 3.08. The summed E-state index contributed by atoms with van der Waals surface area (Å²) in [6.07, 6.45) is 9.89. The molecule has 0 radical (unpaired) electrons. The second-order valence-electron chi connectivity index (χ2n) is 11.1. The lowest BCUT2D eigenvalue weighted by Gasteiger charge is -2.48. The van der Waals surface area contributed by atoms with Crippen LogP contribution < -0.4 is 9.25 Å². The van der Waals surface area contributed by atoms with E-state index < -0.39 is 0 Å². The van der Waals surface area contributed by atoms with Gasteiger partial charge in [-0.1, -0.05) is 62.4 Å². The number of fused-ring (bicyclic) bond motifs is 6. The maximum Gasteiger partial charge on any atom is 0.231 e. The molecule has 5 nitrogen and oxygen atoms in total. The minimum Gasteiger partial charge on any atom is -0.251 e. The average Bonchev–Trinajstić information content (AvgIpc) is 3.64. The zero-order valence-electron chi connectivity index (χ0n) is 22.5. The maximum absolute atomic E-state index is 5.13. The molecule has 3 atom stereocenters. The van der Waals surface area contributed by atoms with Crippen molar-refractivity contribution < 1.29 is 9.25 Å². The van der Waals surface area contributed by atoms with Crippen LogP contribution in [0.1, 0.15) is 51.6 Å². The SMILES string of the molecule is CCC1(CC2Cn3nc(-c4ccccc4)cc3-c3cccc[n+]32)c2ccccc2-n2ccc[n+]2C1(C)CC. The molecule has 0 saturated carbocycles. The van der Waals surface area contributed by atoms with Crippen LogP contribution in [0.2, 0.25) is 0 Å². The van der Waals surface area contributed by atoms with Crippen LogP contribution in [0.4, 0.5) is 0 Å². The molecule has 0 fully saturated rings. The zero-order valence-corrected chi connectivity index (χ0v) is 22.5. The van der Waals surface area contributed by atoms with Crippen molar-refractivity contribution in [3.63, 3.8) is 0 Å². The molecule has 190 valence electrons. The number of nitrogens with zero attached hydrogens (tertiary/aromatic N) is 5. The van der Waals surface area contributed by atoms with Crippen molar-refractivity contribution >= 4 is 0 Å². The van der Waals surface area contributed by atoms with Crippen LogP contribution >= 0.6 is 0 Å². The van der Waals surface area contributed by atoms with Gasteiger partial charge >= 0.3 is 0 Å². The average molecular weight is 502 g/mol. The molecule has 2 aliphatic heterocycles. The van der Waals surface area contributed by atoms with E-state index in [2.05, 4.69) is 143 Å². The van der Waals surface area contributed by atoms with E-state index >= 15 is 0 Å². The quantitative estimate of drug-likeness (QED) is 0.271. The second-order valence-corrected chi connectivity index (χ2v) is 11.1. The van der Waals surface area contributed by atoms with E-state index in [9.17, 15) is 0 Å². The van der Waals surface area contributed by atoms with Gasteiger partial charge in [0.15, 0.2) is 24.0 Å². The first-order chi connectivity index (χ1) is 18.6. The van der Waals surface area contributed by atoms with Crippen molar-refractivity contribution in [1.82, 2.24) is 14.5 Å². The van der Waals surface area contributed by atoms with Crippen molar-refractivity contribution in [1.29, 1.82) is 0 Å². The molecule has 0 amide bonds. The van der Waals surface area contributed by atoms with Crippen LogP contribution in [0.5, 0.6) is 0 Å². The van der Waals surface area contributed by atoms with Crippen molar-refractivity contribution in [2.24, 2.45) is 0 Å². The Kier molecular flexibility index (Phi) is 5.19. The molecule has 0 N–H and O–H groups in total. The van der Waals surface area contributed by atoms with Gasteiger partial charge in [0.2, 0.25) is 5.69 Å². The highest BCUT2D eigenvalue weighted by atomic mass is 15.4. The molecular formula is C33H35N5+2. The number of para-hydroxylation sites is 1. The van der Waals surface area contributed by atoms with Crippen molar-refractivity contribution in [2.45, 2.75) is 63.6 Å². The highest BCUT2D eigenvalue weighted by Crippen LogP contribution is 2.51. The first-order valence-electron chi connectivity index (χ1n) is 13.9. The number of hydrogen-bond acceptors (Lipinski definition) is 1. The Morgan fingerprint density at radius 1 is 0.895 bits per heavy atom. The van der Waals surface area contributed by atoms with Gasteiger partial charge in [0.1, 0.15) is 17.9 Å². The molecule has 2 aliphatic rings. The Labute approximate surface area is 224 Å². The smallest absolute Gasteiger partial charge is 0.231 e. The predicted octanol–water partition coefficient (Wildman–Crippen LogP) is 6.01. The third-order valence-corrected chi connectivity index (χ3v) is 9.54. The number of aromatic nitrogens is 5. The monoisotopic (exact) mass is 501 g/mol. The minimum absolute atomic E-state index is 0.0466. The van der Waals surface area contributed by atoms with Crippen molar-refractivity contribution in [3.8, 4) is 28.3 Å². The van der Waals surface area contributed by atoms with Gasteiger partial charge in [0.05, 0.1) is 17.3 Å². The summed E-state index contributed by atoms with van der Waals surface area (Å²) in [6, 6.07) is 30.9. The van der Waals surface area contributed by atoms with Gasteiger partial charge in [-0.15, -0.1) is 9.36 Å². The Bertz CT molecular complexity index is 1630. The fourth-order valence-corrected chi connectivity index (χ4v) is 7.43. The lowest BCUT2D eigenvalue weighted by molar-refractivity contribution is -0.838. The van der Waals surface area contributed by atoms with Crippen LogP contribution in [0.15, 0.2) is 104 Å². The van der Waals surface area contributed by atoms with E-state index in [1.807, 2.05) is 0 Å². The summed E-state index contributed by atoms with van der Waals surface area (Å²) in [5.41, 5.74) is 7.26. The van der Waals surface area contributed by atoms with Gasteiger partial charge in [-0.25, -0.2) is 0 Å². The molecule has 0 aliphatic carbocycles. The third-order valence-electron chi connectivity index (χ3n) is 9.54. The summed E-state index contributed by atoms with van der Waals surface area (Å²) in [6.45, 7) is 8.06. The highest BCUT2D eigenvalue weighted by Gasteiger charge is 2.61. The summed E-state index contributed by atoms with van der Waals surface area (Å²) in [5, 5.41) is 5.13. The summed E-state index contributed by atoms with van der Waals surface area (Å²) in [7, 11) is 0. The molecule has 2 aromatic carbocycles. The highest BCUT2D eigenvalue weighted by molar-refractivity contribution is 5.66. The fraction of sp³-hybridized carbons (Fsp3) is 0.303. The Balaban J connectivity index is 1.38. The standard InChI is InChI=1S/C33H35N5/c1-4-32(3)33(5-2,27-16-9-10-17-29(27)37-20-13-21-38(32)37)23-26-24-36-31(30-18-11-12-19-35(26)30)22-28(34-36)25-14-7-6-8-15-25/h6-22,26H,4-5,23-24H2,1-3H3/q+2. The van der Waals surface area contributed by atoms with Gasteiger partial charge in [-0.05, 0) is 30.2 Å².